The standard InChI is InChI=1S/C31H28FN5O2/c32-24-9-11-25(12-10-24)35-16-18-36(19-17-35)31(38)23-8-15-29-28(20-23)34-30(37(29)21-33)22-6-13-27(14-7-22)39-26-4-2-1-3-5-26/h1-15,20H,16-19,21,33H2. The van der Waals surface area contributed by atoms with E-state index in [4.69, 9.17) is 15.5 Å². The Balaban J connectivity index is 1.19. The Morgan fingerprint density at radius 3 is 2.23 bits per heavy atom. The third kappa shape index (κ3) is 5.06. The number of rotatable bonds is 6. The summed E-state index contributed by atoms with van der Waals surface area (Å²) >= 11 is 0. The third-order valence-electron chi connectivity index (χ3n) is 7.03. The molecule has 1 saturated heterocycles. The molecule has 2 heterocycles. The Hall–Kier alpha value is -4.69. The first-order valence-electron chi connectivity index (χ1n) is 12.9. The van der Waals surface area contributed by atoms with E-state index in [1.54, 1.807) is 12.1 Å². The Kier molecular flexibility index (Phi) is 6.69. The number of carbonyl (C=O) groups is 1. The summed E-state index contributed by atoms with van der Waals surface area (Å²) in [6.45, 7) is 2.82. The highest BCUT2D eigenvalue weighted by Crippen LogP contribution is 2.29. The second kappa shape index (κ2) is 10.6. The molecule has 0 spiro atoms. The topological polar surface area (TPSA) is 76.6 Å². The number of nitrogens with zero attached hydrogens (tertiary/aromatic N) is 4. The highest BCUT2D eigenvalue weighted by atomic mass is 19.1. The SMILES string of the molecule is NCn1c(-c2ccc(Oc3ccccc3)cc2)nc2cc(C(=O)N3CCN(c4ccc(F)cc4)CC3)ccc21. The highest BCUT2D eigenvalue weighted by molar-refractivity contribution is 5.98. The van der Waals surface area contributed by atoms with Crippen LogP contribution in [0.3, 0.4) is 0 Å². The van der Waals surface area contributed by atoms with Crippen molar-refractivity contribution in [1.29, 1.82) is 0 Å². The number of carbonyl (C=O) groups excluding carboxylic acids is 1. The number of para-hydroxylation sites is 1. The zero-order valence-corrected chi connectivity index (χ0v) is 21.3. The minimum Gasteiger partial charge on any atom is -0.457 e. The summed E-state index contributed by atoms with van der Waals surface area (Å²) < 4.78 is 21.1. The number of piperazine rings is 1. The van der Waals surface area contributed by atoms with Crippen LogP contribution in [0.1, 0.15) is 10.4 Å². The fraction of sp³-hybridized carbons (Fsp3) is 0.161. The zero-order valence-electron chi connectivity index (χ0n) is 21.3. The third-order valence-corrected chi connectivity index (χ3v) is 7.03. The summed E-state index contributed by atoms with van der Waals surface area (Å²) in [4.78, 5) is 22.2. The molecule has 0 bridgehead atoms. The van der Waals surface area contributed by atoms with Crippen LogP contribution in [0.2, 0.25) is 0 Å². The van der Waals surface area contributed by atoms with Crippen molar-refractivity contribution < 1.29 is 13.9 Å². The lowest BCUT2D eigenvalue weighted by molar-refractivity contribution is 0.0747. The first-order valence-corrected chi connectivity index (χ1v) is 12.9. The molecule has 6 rings (SSSR count). The zero-order chi connectivity index (χ0) is 26.8. The number of anilines is 1. The van der Waals surface area contributed by atoms with Crippen molar-refractivity contribution in [3.8, 4) is 22.9 Å². The number of aromatic nitrogens is 2. The van der Waals surface area contributed by atoms with E-state index in [0.717, 1.165) is 39.6 Å². The molecule has 2 N–H and O–H groups in total. The molecule has 0 aliphatic carbocycles. The number of ether oxygens (including phenoxy) is 1. The van der Waals surface area contributed by atoms with E-state index in [9.17, 15) is 9.18 Å². The summed E-state index contributed by atoms with van der Waals surface area (Å²) in [7, 11) is 0. The van der Waals surface area contributed by atoms with Gasteiger partial charge in [-0.05, 0) is 78.9 Å². The number of amides is 1. The maximum Gasteiger partial charge on any atom is 0.254 e. The van der Waals surface area contributed by atoms with Crippen LogP contribution in [0.4, 0.5) is 10.1 Å². The fourth-order valence-corrected chi connectivity index (χ4v) is 4.97. The van der Waals surface area contributed by atoms with Crippen LogP contribution >= 0.6 is 0 Å². The van der Waals surface area contributed by atoms with E-state index in [1.807, 2.05) is 82.3 Å². The fourth-order valence-electron chi connectivity index (χ4n) is 4.97. The second-order valence-electron chi connectivity index (χ2n) is 9.44. The molecule has 5 aromatic rings. The molecular formula is C31H28FN5O2. The van der Waals surface area contributed by atoms with Gasteiger partial charge in [-0.15, -0.1) is 0 Å². The quantitative estimate of drug-likeness (QED) is 0.319. The van der Waals surface area contributed by atoms with Gasteiger partial charge >= 0.3 is 0 Å². The predicted octanol–water partition coefficient (Wildman–Crippen LogP) is 5.51. The van der Waals surface area contributed by atoms with Crippen molar-refractivity contribution >= 4 is 22.6 Å². The maximum absolute atomic E-state index is 13.3. The molecule has 39 heavy (non-hydrogen) atoms. The molecule has 1 amide bonds. The van der Waals surface area contributed by atoms with Gasteiger partial charge in [-0.2, -0.15) is 0 Å². The Morgan fingerprint density at radius 1 is 0.846 bits per heavy atom. The van der Waals surface area contributed by atoms with Gasteiger partial charge < -0.3 is 24.8 Å². The van der Waals surface area contributed by atoms with Gasteiger partial charge in [-0.1, -0.05) is 18.2 Å². The minimum atomic E-state index is -0.253. The summed E-state index contributed by atoms with van der Waals surface area (Å²) in [5, 5.41) is 0. The molecule has 0 saturated carbocycles. The second-order valence-corrected chi connectivity index (χ2v) is 9.44. The van der Waals surface area contributed by atoms with Gasteiger partial charge in [0.2, 0.25) is 0 Å². The van der Waals surface area contributed by atoms with Gasteiger partial charge in [-0.25, -0.2) is 9.37 Å². The van der Waals surface area contributed by atoms with Crippen LogP contribution in [0.5, 0.6) is 11.5 Å². The number of halogens is 1. The van der Waals surface area contributed by atoms with Gasteiger partial charge in [0, 0.05) is 43.0 Å². The van der Waals surface area contributed by atoms with Crippen LogP contribution in [0, 0.1) is 5.82 Å². The van der Waals surface area contributed by atoms with Crippen LogP contribution in [0.15, 0.2) is 97.1 Å². The minimum absolute atomic E-state index is 0.0260. The molecule has 1 fully saturated rings. The molecule has 4 aromatic carbocycles. The summed E-state index contributed by atoms with van der Waals surface area (Å²) in [6.07, 6.45) is 0. The van der Waals surface area contributed by atoms with Gasteiger partial charge in [0.25, 0.3) is 5.91 Å². The summed E-state index contributed by atoms with van der Waals surface area (Å²) in [6, 6.07) is 29.4. The Bertz CT molecular complexity index is 1590. The van der Waals surface area contributed by atoms with Crippen molar-refractivity contribution in [2.24, 2.45) is 5.73 Å². The monoisotopic (exact) mass is 521 g/mol. The molecule has 1 aliphatic rings. The molecule has 1 aromatic heterocycles. The van der Waals surface area contributed by atoms with E-state index < -0.39 is 0 Å². The maximum atomic E-state index is 13.3. The summed E-state index contributed by atoms with van der Waals surface area (Å²) in [5.74, 6) is 1.96. The number of fused-ring (bicyclic) bond motifs is 1. The van der Waals surface area contributed by atoms with E-state index in [1.165, 1.54) is 12.1 Å². The van der Waals surface area contributed by atoms with Crippen molar-refractivity contribution in [3.63, 3.8) is 0 Å². The van der Waals surface area contributed by atoms with Crippen molar-refractivity contribution in [2.75, 3.05) is 31.1 Å². The van der Waals surface area contributed by atoms with E-state index >= 15 is 0 Å². The molecule has 196 valence electrons. The number of benzene rings is 4. The molecule has 7 nitrogen and oxygen atoms in total. The number of hydrogen-bond acceptors (Lipinski definition) is 5. The number of imidazole rings is 1. The largest absolute Gasteiger partial charge is 0.457 e. The van der Waals surface area contributed by atoms with Gasteiger partial charge in [0.15, 0.2) is 0 Å². The lowest BCUT2D eigenvalue weighted by Gasteiger charge is -2.36. The van der Waals surface area contributed by atoms with Crippen molar-refractivity contribution in [3.05, 3.63) is 108 Å². The Labute approximate surface area is 225 Å². The molecule has 0 radical (unpaired) electrons. The molecule has 8 heteroatoms. The first kappa shape index (κ1) is 24.6. The number of nitrogens with two attached hydrogens (primary N) is 1. The van der Waals surface area contributed by atoms with Gasteiger partial charge in [0.05, 0.1) is 17.7 Å². The van der Waals surface area contributed by atoms with Crippen LogP contribution in [-0.4, -0.2) is 46.5 Å². The van der Waals surface area contributed by atoms with E-state index in [2.05, 4.69) is 4.90 Å². The normalized spacial score (nSPS) is 13.6. The van der Waals surface area contributed by atoms with Crippen LogP contribution < -0.4 is 15.4 Å². The van der Waals surface area contributed by atoms with Crippen molar-refractivity contribution in [1.82, 2.24) is 14.5 Å². The predicted molar refractivity (Wildman–Crippen MR) is 150 cm³/mol. The average molecular weight is 522 g/mol. The van der Waals surface area contributed by atoms with E-state index in [0.29, 0.717) is 31.7 Å². The average Bonchev–Trinajstić information content (AvgIpc) is 3.36. The molecule has 1 aliphatic heterocycles. The van der Waals surface area contributed by atoms with Gasteiger partial charge in [0.1, 0.15) is 23.1 Å². The molecular weight excluding hydrogens is 493 g/mol. The molecule has 0 unspecified atom stereocenters. The Morgan fingerprint density at radius 2 is 1.54 bits per heavy atom. The lowest BCUT2D eigenvalue weighted by Crippen LogP contribution is -2.48. The highest BCUT2D eigenvalue weighted by Gasteiger charge is 2.23. The van der Waals surface area contributed by atoms with E-state index in [-0.39, 0.29) is 18.4 Å². The van der Waals surface area contributed by atoms with Crippen molar-refractivity contribution in [2.45, 2.75) is 6.67 Å². The van der Waals surface area contributed by atoms with Crippen LogP contribution in [0.25, 0.3) is 22.4 Å². The number of hydrogen-bond donors (Lipinski definition) is 1. The lowest BCUT2D eigenvalue weighted by atomic mass is 10.1. The van der Waals surface area contributed by atoms with Crippen LogP contribution in [-0.2, 0) is 6.67 Å². The van der Waals surface area contributed by atoms with Gasteiger partial charge in [-0.3, -0.25) is 4.79 Å². The smallest absolute Gasteiger partial charge is 0.254 e. The summed E-state index contributed by atoms with van der Waals surface area (Å²) in [5.41, 5.74) is 10.2. The first-order chi connectivity index (χ1) is 19.1. The molecule has 0 atom stereocenters.